The zero-order chi connectivity index (χ0) is 17.2. The lowest BCUT2D eigenvalue weighted by Gasteiger charge is -2.09. The average molecular weight is 330 g/mol. The minimum absolute atomic E-state index is 0.307. The van der Waals surface area contributed by atoms with Crippen LogP contribution in [0, 0.1) is 11.3 Å². The van der Waals surface area contributed by atoms with Gasteiger partial charge in [0.05, 0.1) is 17.3 Å². The molecule has 0 fully saturated rings. The van der Waals surface area contributed by atoms with Gasteiger partial charge >= 0.3 is 6.36 Å². The molecule has 0 aliphatic carbocycles. The van der Waals surface area contributed by atoms with E-state index in [0.717, 1.165) is 5.56 Å². The molecule has 24 heavy (non-hydrogen) atoms. The number of hydrogen-bond acceptors (Lipinski definition) is 4. The van der Waals surface area contributed by atoms with Crippen molar-refractivity contribution in [2.75, 3.05) is 0 Å². The fourth-order valence-corrected chi connectivity index (χ4v) is 2.01. The van der Waals surface area contributed by atoms with Gasteiger partial charge in [-0.3, -0.25) is 0 Å². The molecule has 0 atom stereocenters. The van der Waals surface area contributed by atoms with Crippen molar-refractivity contribution in [3.8, 4) is 28.9 Å². The van der Waals surface area contributed by atoms with E-state index >= 15 is 0 Å². The molecule has 0 spiro atoms. The topological polar surface area (TPSA) is 63.7 Å². The van der Waals surface area contributed by atoms with Gasteiger partial charge < -0.3 is 4.74 Å². The lowest BCUT2D eigenvalue weighted by atomic mass is 10.1. The van der Waals surface area contributed by atoms with Crippen molar-refractivity contribution in [3.63, 3.8) is 0 Å². The molecule has 0 saturated heterocycles. The molecule has 0 saturated carbocycles. The molecule has 0 N–H and O–H groups in total. The van der Waals surface area contributed by atoms with Crippen molar-refractivity contribution in [1.82, 2.24) is 14.8 Å². The third-order valence-electron chi connectivity index (χ3n) is 3.10. The monoisotopic (exact) mass is 330 g/mol. The fraction of sp³-hybridized carbons (Fsp3) is 0.0625. The van der Waals surface area contributed by atoms with Gasteiger partial charge in [-0.05, 0) is 48.5 Å². The van der Waals surface area contributed by atoms with E-state index in [2.05, 4.69) is 14.8 Å². The van der Waals surface area contributed by atoms with Crippen LogP contribution < -0.4 is 4.74 Å². The molecular formula is C16H9F3N4O. The molecule has 0 radical (unpaired) electrons. The molecule has 1 heterocycles. The summed E-state index contributed by atoms with van der Waals surface area (Å²) in [5, 5.41) is 13.0. The van der Waals surface area contributed by atoms with Crippen LogP contribution in [0.4, 0.5) is 13.2 Å². The number of rotatable bonds is 3. The number of benzene rings is 2. The Labute approximate surface area is 134 Å². The lowest BCUT2D eigenvalue weighted by Crippen LogP contribution is -2.17. The number of halogens is 3. The number of aromatic nitrogens is 3. The first-order valence-electron chi connectivity index (χ1n) is 6.73. The second kappa shape index (κ2) is 6.04. The van der Waals surface area contributed by atoms with E-state index in [9.17, 15) is 13.2 Å². The summed E-state index contributed by atoms with van der Waals surface area (Å²) in [5.74, 6) is 0.133. The molecule has 120 valence electrons. The molecule has 0 unspecified atom stereocenters. The summed E-state index contributed by atoms with van der Waals surface area (Å²) in [6, 6.07) is 14.1. The molecule has 0 aliphatic rings. The van der Waals surface area contributed by atoms with Crippen molar-refractivity contribution >= 4 is 0 Å². The third kappa shape index (κ3) is 3.52. The molecule has 2 aromatic carbocycles. The summed E-state index contributed by atoms with van der Waals surface area (Å²) in [6.45, 7) is 0. The van der Waals surface area contributed by atoms with Crippen LogP contribution in [-0.2, 0) is 0 Å². The predicted octanol–water partition coefficient (Wildman–Crippen LogP) is 3.70. The number of nitrogens with zero attached hydrogens (tertiary/aromatic N) is 4. The number of nitriles is 1. The van der Waals surface area contributed by atoms with Crippen molar-refractivity contribution in [1.29, 1.82) is 5.26 Å². The zero-order valence-electron chi connectivity index (χ0n) is 12.0. The van der Waals surface area contributed by atoms with Gasteiger partial charge in [-0.15, -0.1) is 18.3 Å². The highest BCUT2D eigenvalue weighted by atomic mass is 19.4. The predicted molar refractivity (Wildman–Crippen MR) is 78.2 cm³/mol. The van der Waals surface area contributed by atoms with Gasteiger partial charge in [0.15, 0.2) is 5.82 Å². The second-order valence-corrected chi connectivity index (χ2v) is 4.74. The van der Waals surface area contributed by atoms with Gasteiger partial charge in [-0.2, -0.15) is 5.26 Å². The highest BCUT2D eigenvalue weighted by Crippen LogP contribution is 2.24. The summed E-state index contributed by atoms with van der Waals surface area (Å²) in [4.78, 5) is 4.16. The van der Waals surface area contributed by atoms with Gasteiger partial charge in [0.1, 0.15) is 12.1 Å². The van der Waals surface area contributed by atoms with Crippen molar-refractivity contribution in [2.24, 2.45) is 0 Å². The maximum Gasteiger partial charge on any atom is 0.573 e. The van der Waals surface area contributed by atoms with Gasteiger partial charge in [0.25, 0.3) is 0 Å². The molecule has 8 heteroatoms. The van der Waals surface area contributed by atoms with Crippen LogP contribution >= 0.6 is 0 Å². The first-order chi connectivity index (χ1) is 11.4. The fourth-order valence-electron chi connectivity index (χ4n) is 2.01. The number of ether oxygens (including phenoxy) is 1. The van der Waals surface area contributed by atoms with Crippen LogP contribution in [0.3, 0.4) is 0 Å². The first kappa shape index (κ1) is 15.6. The summed E-state index contributed by atoms with van der Waals surface area (Å²) < 4.78 is 41.7. The van der Waals surface area contributed by atoms with E-state index in [-0.39, 0.29) is 5.75 Å². The van der Waals surface area contributed by atoms with E-state index < -0.39 is 6.36 Å². The Kier molecular flexibility index (Phi) is 3.92. The van der Waals surface area contributed by atoms with Crippen LogP contribution in [0.25, 0.3) is 17.1 Å². The largest absolute Gasteiger partial charge is 0.573 e. The lowest BCUT2D eigenvalue weighted by molar-refractivity contribution is -0.274. The molecule has 3 rings (SSSR count). The molecule has 5 nitrogen and oxygen atoms in total. The Hall–Kier alpha value is -3.34. The van der Waals surface area contributed by atoms with Crippen LogP contribution in [0.15, 0.2) is 54.9 Å². The summed E-state index contributed by atoms with van der Waals surface area (Å²) in [7, 11) is 0. The van der Waals surface area contributed by atoms with Crippen molar-refractivity contribution < 1.29 is 17.9 Å². The maximum absolute atomic E-state index is 12.1. The van der Waals surface area contributed by atoms with Crippen LogP contribution in [0.2, 0.25) is 0 Å². The Bertz CT molecular complexity index is 877. The second-order valence-electron chi connectivity index (χ2n) is 4.74. The SMILES string of the molecule is N#Cc1ccc(-c2ncn(-c3ccc(OC(F)(F)F)cc3)n2)cc1. The molecule has 0 amide bonds. The van der Waals surface area contributed by atoms with E-state index in [4.69, 9.17) is 5.26 Å². The summed E-state index contributed by atoms with van der Waals surface area (Å²) in [6.07, 6.45) is -3.27. The Morgan fingerprint density at radius 1 is 1.00 bits per heavy atom. The first-order valence-corrected chi connectivity index (χ1v) is 6.73. The number of alkyl halides is 3. The molecule has 3 aromatic rings. The van der Waals surface area contributed by atoms with E-state index in [1.165, 1.54) is 35.3 Å². The maximum atomic E-state index is 12.1. The van der Waals surface area contributed by atoms with Crippen LogP contribution in [0.5, 0.6) is 5.75 Å². The minimum atomic E-state index is -4.72. The van der Waals surface area contributed by atoms with Crippen LogP contribution in [0.1, 0.15) is 5.56 Å². The highest BCUT2D eigenvalue weighted by molar-refractivity contribution is 5.56. The Morgan fingerprint density at radius 2 is 1.67 bits per heavy atom. The van der Waals surface area contributed by atoms with E-state index in [1.54, 1.807) is 24.3 Å². The van der Waals surface area contributed by atoms with Gasteiger partial charge in [0.2, 0.25) is 0 Å². The number of hydrogen-bond donors (Lipinski definition) is 0. The molecule has 1 aromatic heterocycles. The zero-order valence-corrected chi connectivity index (χ0v) is 12.0. The van der Waals surface area contributed by atoms with Gasteiger partial charge in [-0.1, -0.05) is 0 Å². The van der Waals surface area contributed by atoms with E-state index in [0.29, 0.717) is 17.1 Å². The normalized spacial score (nSPS) is 11.1. The van der Waals surface area contributed by atoms with E-state index in [1.807, 2.05) is 6.07 Å². The van der Waals surface area contributed by atoms with Crippen molar-refractivity contribution in [2.45, 2.75) is 6.36 Å². The summed E-state index contributed by atoms with van der Waals surface area (Å²) >= 11 is 0. The average Bonchev–Trinajstić information content (AvgIpc) is 3.04. The minimum Gasteiger partial charge on any atom is -0.406 e. The Morgan fingerprint density at radius 3 is 2.25 bits per heavy atom. The standard InChI is InChI=1S/C16H9F3N4O/c17-16(18,19)24-14-7-5-13(6-8-14)23-10-21-15(22-23)12-3-1-11(9-20)2-4-12/h1-8,10H. The molecule has 0 aliphatic heterocycles. The summed E-state index contributed by atoms with van der Waals surface area (Å²) in [5.41, 5.74) is 1.79. The Balaban J connectivity index is 1.81. The molecule has 0 bridgehead atoms. The molecular weight excluding hydrogens is 321 g/mol. The van der Waals surface area contributed by atoms with Crippen LogP contribution in [-0.4, -0.2) is 21.1 Å². The third-order valence-corrected chi connectivity index (χ3v) is 3.10. The quantitative estimate of drug-likeness (QED) is 0.734. The smallest absolute Gasteiger partial charge is 0.406 e. The highest BCUT2D eigenvalue weighted by Gasteiger charge is 2.30. The van der Waals surface area contributed by atoms with Gasteiger partial charge in [-0.25, -0.2) is 9.67 Å². The van der Waals surface area contributed by atoms with Gasteiger partial charge in [0, 0.05) is 5.56 Å². The van der Waals surface area contributed by atoms with Crippen molar-refractivity contribution in [3.05, 3.63) is 60.4 Å².